The maximum atomic E-state index is 12.5. The molecule has 26 heavy (non-hydrogen) atoms. The first-order valence-corrected chi connectivity index (χ1v) is 10.3. The van der Waals surface area contributed by atoms with Gasteiger partial charge in [-0.3, -0.25) is 9.52 Å². The van der Waals surface area contributed by atoms with Crippen molar-refractivity contribution >= 4 is 27.3 Å². The Morgan fingerprint density at radius 2 is 1.62 bits per heavy atom. The van der Waals surface area contributed by atoms with Crippen LogP contribution < -0.4 is 10.0 Å². The number of amides is 1. The highest BCUT2D eigenvalue weighted by Crippen LogP contribution is 2.24. The molecule has 6 heteroatoms. The predicted octanol–water partition coefficient (Wildman–Crippen LogP) is 4.13. The average Bonchev–Trinajstić information content (AvgIpc) is 2.56. The number of aryl methyl sites for hydroxylation is 1. The van der Waals surface area contributed by atoms with Gasteiger partial charge in [0.15, 0.2) is 0 Å². The monoisotopic (exact) mass is 374 g/mol. The zero-order valence-electron chi connectivity index (χ0n) is 15.6. The molecule has 2 aromatic rings. The number of hydrogen-bond donors (Lipinski definition) is 2. The van der Waals surface area contributed by atoms with Gasteiger partial charge < -0.3 is 5.32 Å². The molecule has 0 fully saturated rings. The molecule has 0 radical (unpaired) electrons. The Morgan fingerprint density at radius 1 is 1.00 bits per heavy atom. The number of nitrogens with one attached hydrogen (secondary N) is 2. The third-order valence-corrected chi connectivity index (χ3v) is 5.57. The van der Waals surface area contributed by atoms with Crippen LogP contribution >= 0.6 is 0 Å². The molecule has 0 saturated heterocycles. The van der Waals surface area contributed by atoms with Gasteiger partial charge in [0.2, 0.25) is 15.9 Å². The van der Waals surface area contributed by atoms with E-state index in [-0.39, 0.29) is 17.6 Å². The van der Waals surface area contributed by atoms with Crippen LogP contribution in [-0.2, 0) is 14.8 Å². The molecule has 0 saturated carbocycles. The summed E-state index contributed by atoms with van der Waals surface area (Å²) in [7, 11) is -3.62. The van der Waals surface area contributed by atoms with Crippen molar-refractivity contribution in [3.8, 4) is 0 Å². The first-order valence-electron chi connectivity index (χ1n) is 8.65. The van der Waals surface area contributed by atoms with Gasteiger partial charge in [0.25, 0.3) is 0 Å². The van der Waals surface area contributed by atoms with Crippen LogP contribution in [0.25, 0.3) is 0 Å². The summed E-state index contributed by atoms with van der Waals surface area (Å²) in [4.78, 5) is 12.5. The smallest absolute Gasteiger partial charge is 0.233 e. The molecule has 1 amide bonds. The van der Waals surface area contributed by atoms with Crippen LogP contribution in [0.1, 0.15) is 37.8 Å². The molecule has 0 aliphatic heterocycles. The van der Waals surface area contributed by atoms with Crippen molar-refractivity contribution in [1.82, 2.24) is 0 Å². The maximum absolute atomic E-state index is 12.5. The molecule has 2 rings (SSSR count). The minimum Gasteiger partial charge on any atom is -0.326 e. The summed E-state index contributed by atoms with van der Waals surface area (Å²) in [5, 5.41) is 2.85. The SMILES string of the molecule is Cc1ccc(NS(=O)(=O)CC(C)C(=O)Nc2ccccc2C(C)C)cc1. The molecule has 0 bridgehead atoms. The molecule has 0 aliphatic rings. The molecule has 0 aromatic heterocycles. The van der Waals surface area contributed by atoms with Gasteiger partial charge in [0.05, 0.1) is 11.7 Å². The zero-order chi connectivity index (χ0) is 19.3. The van der Waals surface area contributed by atoms with E-state index in [1.54, 1.807) is 19.1 Å². The van der Waals surface area contributed by atoms with Gasteiger partial charge in [-0.05, 0) is 36.6 Å². The van der Waals surface area contributed by atoms with Crippen molar-refractivity contribution in [2.75, 3.05) is 15.8 Å². The molecule has 2 aromatic carbocycles. The van der Waals surface area contributed by atoms with Crippen LogP contribution in [0.15, 0.2) is 48.5 Å². The van der Waals surface area contributed by atoms with Crippen LogP contribution in [0.5, 0.6) is 0 Å². The highest BCUT2D eigenvalue weighted by Gasteiger charge is 2.22. The van der Waals surface area contributed by atoms with Gasteiger partial charge in [0.1, 0.15) is 0 Å². The van der Waals surface area contributed by atoms with Crippen molar-refractivity contribution in [3.63, 3.8) is 0 Å². The number of sulfonamides is 1. The second kappa shape index (κ2) is 8.36. The van der Waals surface area contributed by atoms with E-state index in [9.17, 15) is 13.2 Å². The van der Waals surface area contributed by atoms with Crippen LogP contribution in [0.3, 0.4) is 0 Å². The van der Waals surface area contributed by atoms with E-state index in [1.807, 2.05) is 57.2 Å². The summed E-state index contributed by atoms with van der Waals surface area (Å²) >= 11 is 0. The van der Waals surface area contributed by atoms with E-state index in [0.717, 1.165) is 16.8 Å². The number of rotatable bonds is 7. The van der Waals surface area contributed by atoms with Crippen LogP contribution in [0, 0.1) is 12.8 Å². The zero-order valence-corrected chi connectivity index (χ0v) is 16.4. The molecular formula is C20H26N2O3S. The molecule has 0 heterocycles. The Labute approximate surface area is 155 Å². The summed E-state index contributed by atoms with van der Waals surface area (Å²) < 4.78 is 27.2. The fourth-order valence-corrected chi connectivity index (χ4v) is 4.01. The van der Waals surface area contributed by atoms with Gasteiger partial charge in [-0.1, -0.05) is 56.7 Å². The number of carbonyl (C=O) groups excluding carboxylic acids is 1. The fourth-order valence-electron chi connectivity index (χ4n) is 2.62. The lowest BCUT2D eigenvalue weighted by atomic mass is 10.0. The Kier molecular flexibility index (Phi) is 6.42. The first-order chi connectivity index (χ1) is 12.2. The number of para-hydroxylation sites is 1. The minimum absolute atomic E-state index is 0.258. The fraction of sp³-hybridized carbons (Fsp3) is 0.350. The van der Waals surface area contributed by atoms with Gasteiger partial charge in [-0.2, -0.15) is 0 Å². The predicted molar refractivity (Wildman–Crippen MR) is 107 cm³/mol. The third kappa shape index (κ3) is 5.59. The van der Waals surface area contributed by atoms with Gasteiger partial charge in [0, 0.05) is 11.4 Å². The summed E-state index contributed by atoms with van der Waals surface area (Å²) in [5.41, 5.74) is 3.29. The largest absolute Gasteiger partial charge is 0.326 e. The van der Waals surface area contributed by atoms with Crippen molar-refractivity contribution < 1.29 is 13.2 Å². The van der Waals surface area contributed by atoms with Gasteiger partial charge in [-0.15, -0.1) is 0 Å². The average molecular weight is 375 g/mol. The van der Waals surface area contributed by atoms with E-state index < -0.39 is 15.9 Å². The highest BCUT2D eigenvalue weighted by molar-refractivity contribution is 7.92. The van der Waals surface area contributed by atoms with Gasteiger partial charge >= 0.3 is 0 Å². The maximum Gasteiger partial charge on any atom is 0.233 e. The van der Waals surface area contributed by atoms with Crippen LogP contribution in [0.4, 0.5) is 11.4 Å². The molecule has 1 atom stereocenters. The molecule has 0 aliphatic carbocycles. The molecule has 1 unspecified atom stereocenters. The van der Waals surface area contributed by atoms with E-state index in [4.69, 9.17) is 0 Å². The molecular weight excluding hydrogens is 348 g/mol. The van der Waals surface area contributed by atoms with Gasteiger partial charge in [-0.25, -0.2) is 8.42 Å². The Morgan fingerprint density at radius 3 is 2.23 bits per heavy atom. The summed E-state index contributed by atoms with van der Waals surface area (Å²) in [6.07, 6.45) is 0. The normalized spacial score (nSPS) is 12.7. The number of anilines is 2. The number of benzene rings is 2. The standard InChI is InChI=1S/C20H26N2O3S/c1-14(2)18-7-5-6-8-19(18)21-20(23)16(4)13-26(24,25)22-17-11-9-15(3)10-12-17/h5-12,14,16,22H,13H2,1-4H3,(H,21,23). The summed E-state index contributed by atoms with van der Waals surface area (Å²) in [5.74, 6) is -1.02. The summed E-state index contributed by atoms with van der Waals surface area (Å²) in [6.45, 7) is 7.64. The Bertz CT molecular complexity index is 859. The topological polar surface area (TPSA) is 75.3 Å². The lowest BCUT2D eigenvalue weighted by molar-refractivity contribution is -0.118. The van der Waals surface area contributed by atoms with E-state index in [2.05, 4.69) is 10.0 Å². The first kappa shape index (κ1) is 20.0. The van der Waals surface area contributed by atoms with Crippen LogP contribution in [0.2, 0.25) is 0 Å². The quantitative estimate of drug-likeness (QED) is 0.765. The molecule has 140 valence electrons. The van der Waals surface area contributed by atoms with E-state index in [0.29, 0.717) is 5.69 Å². The van der Waals surface area contributed by atoms with Crippen LogP contribution in [-0.4, -0.2) is 20.1 Å². The summed E-state index contributed by atoms with van der Waals surface area (Å²) in [6, 6.07) is 14.6. The third-order valence-electron chi connectivity index (χ3n) is 4.08. The molecule has 2 N–H and O–H groups in total. The second-order valence-electron chi connectivity index (χ2n) is 6.88. The van der Waals surface area contributed by atoms with Crippen molar-refractivity contribution in [2.45, 2.75) is 33.6 Å². The van der Waals surface area contributed by atoms with Crippen molar-refractivity contribution in [3.05, 3.63) is 59.7 Å². The number of hydrogen-bond acceptors (Lipinski definition) is 3. The Hall–Kier alpha value is -2.34. The molecule has 5 nitrogen and oxygen atoms in total. The second-order valence-corrected chi connectivity index (χ2v) is 8.65. The van der Waals surface area contributed by atoms with E-state index in [1.165, 1.54) is 0 Å². The Balaban J connectivity index is 2.03. The lowest BCUT2D eigenvalue weighted by Crippen LogP contribution is -2.30. The minimum atomic E-state index is -3.62. The lowest BCUT2D eigenvalue weighted by Gasteiger charge is -2.17. The van der Waals surface area contributed by atoms with Crippen molar-refractivity contribution in [2.24, 2.45) is 5.92 Å². The van der Waals surface area contributed by atoms with Crippen molar-refractivity contribution in [1.29, 1.82) is 0 Å². The van der Waals surface area contributed by atoms with E-state index >= 15 is 0 Å². The molecule has 0 spiro atoms. The number of carbonyl (C=O) groups is 1. The highest BCUT2D eigenvalue weighted by atomic mass is 32.2.